The van der Waals surface area contributed by atoms with E-state index >= 15 is 0 Å². The Bertz CT molecular complexity index is 1220. The molecule has 0 fully saturated rings. The summed E-state index contributed by atoms with van der Waals surface area (Å²) < 4.78 is 7.17. The van der Waals surface area contributed by atoms with Crippen LogP contribution in [0.1, 0.15) is 39.2 Å². The number of hydrogen-bond acceptors (Lipinski definition) is 5. The maximum Gasteiger partial charge on any atom is 0.259 e. The monoisotopic (exact) mass is 571 g/mol. The van der Waals surface area contributed by atoms with Gasteiger partial charge in [-0.15, -0.1) is 11.3 Å². The Balaban J connectivity index is 1.72. The molecular weight excluding hydrogens is 554 g/mol. The van der Waals surface area contributed by atoms with Gasteiger partial charge in [0, 0.05) is 26.8 Å². The average molecular weight is 573 g/mol. The van der Waals surface area contributed by atoms with Crippen molar-refractivity contribution in [2.45, 2.75) is 25.7 Å². The molecule has 1 amide bonds. The molecule has 1 N–H and O–H groups in total. The molecule has 0 aliphatic heterocycles. The third-order valence-electron chi connectivity index (χ3n) is 5.05. The van der Waals surface area contributed by atoms with Gasteiger partial charge in [-0.2, -0.15) is 5.26 Å². The van der Waals surface area contributed by atoms with Gasteiger partial charge < -0.3 is 10.1 Å². The van der Waals surface area contributed by atoms with Crippen molar-refractivity contribution in [1.82, 2.24) is 0 Å². The molecule has 1 aromatic heterocycles. The number of halogens is 2. The quantitative estimate of drug-likeness (QED) is 0.321. The molecule has 0 radical (unpaired) electrons. The SMILES string of the molecule is N#CCOc1c(Br)cc(Br)cc1C=Nc1sc2c(c1C(=O)Nc1ccccc1)CCCC2. The van der Waals surface area contributed by atoms with Crippen molar-refractivity contribution in [3.8, 4) is 11.8 Å². The van der Waals surface area contributed by atoms with Crippen LogP contribution in [-0.4, -0.2) is 18.7 Å². The number of para-hydroxylation sites is 1. The molecule has 0 atom stereocenters. The van der Waals surface area contributed by atoms with Gasteiger partial charge in [0.1, 0.15) is 16.8 Å². The fraction of sp³-hybridized carbons (Fsp3) is 0.208. The number of rotatable bonds is 6. The number of carbonyl (C=O) groups is 1. The molecule has 0 unspecified atom stereocenters. The number of ether oxygens (including phenoxy) is 1. The van der Waals surface area contributed by atoms with Gasteiger partial charge in [-0.25, -0.2) is 4.99 Å². The van der Waals surface area contributed by atoms with Crippen molar-refractivity contribution in [2.24, 2.45) is 4.99 Å². The highest BCUT2D eigenvalue weighted by molar-refractivity contribution is 9.11. The summed E-state index contributed by atoms with van der Waals surface area (Å²) in [6.45, 7) is -0.0703. The van der Waals surface area contributed by atoms with Crippen LogP contribution in [0.25, 0.3) is 0 Å². The lowest BCUT2D eigenvalue weighted by atomic mass is 9.95. The highest BCUT2D eigenvalue weighted by atomic mass is 79.9. The largest absolute Gasteiger partial charge is 0.477 e. The zero-order chi connectivity index (χ0) is 22.5. The van der Waals surface area contributed by atoms with Crippen LogP contribution in [0.4, 0.5) is 10.7 Å². The number of nitriles is 1. The molecule has 0 bridgehead atoms. The van der Waals surface area contributed by atoms with Crippen molar-refractivity contribution < 1.29 is 9.53 Å². The number of anilines is 1. The van der Waals surface area contributed by atoms with E-state index in [0.717, 1.165) is 45.9 Å². The summed E-state index contributed by atoms with van der Waals surface area (Å²) in [5.74, 6) is 0.397. The van der Waals surface area contributed by atoms with Crippen LogP contribution in [0.15, 0.2) is 56.4 Å². The molecule has 0 saturated carbocycles. The van der Waals surface area contributed by atoms with Crippen molar-refractivity contribution in [2.75, 3.05) is 11.9 Å². The number of nitrogens with one attached hydrogen (secondary N) is 1. The van der Waals surface area contributed by atoms with Gasteiger partial charge >= 0.3 is 0 Å². The first-order valence-electron chi connectivity index (χ1n) is 10.1. The molecule has 1 aliphatic carbocycles. The molecule has 4 rings (SSSR count). The minimum atomic E-state index is -0.140. The van der Waals surface area contributed by atoms with Crippen LogP contribution in [0.5, 0.6) is 5.75 Å². The second-order valence-corrected chi connectivity index (χ2v) is 10.1. The summed E-state index contributed by atoms with van der Waals surface area (Å²) >= 11 is 8.55. The number of hydrogen-bond donors (Lipinski definition) is 1. The van der Waals surface area contributed by atoms with Gasteiger partial charge in [-0.3, -0.25) is 4.79 Å². The molecule has 1 heterocycles. The van der Waals surface area contributed by atoms with Gasteiger partial charge in [-0.05, 0) is 71.4 Å². The van der Waals surface area contributed by atoms with E-state index in [-0.39, 0.29) is 12.5 Å². The fourth-order valence-electron chi connectivity index (χ4n) is 3.65. The summed E-state index contributed by atoms with van der Waals surface area (Å²) in [6.07, 6.45) is 5.75. The van der Waals surface area contributed by atoms with E-state index < -0.39 is 0 Å². The number of carbonyl (C=O) groups excluding carboxylic acids is 1. The molecule has 3 aromatic rings. The third kappa shape index (κ3) is 5.12. The Labute approximate surface area is 207 Å². The number of nitrogens with zero attached hydrogens (tertiary/aromatic N) is 2. The van der Waals surface area contributed by atoms with E-state index in [1.165, 1.54) is 4.88 Å². The van der Waals surface area contributed by atoms with Crippen molar-refractivity contribution in [3.63, 3.8) is 0 Å². The molecular formula is C24H19Br2N3O2S. The van der Waals surface area contributed by atoms with Gasteiger partial charge in [0.25, 0.3) is 5.91 Å². The summed E-state index contributed by atoms with van der Waals surface area (Å²) in [5, 5.41) is 12.6. The van der Waals surface area contributed by atoms with E-state index in [2.05, 4.69) is 37.2 Å². The zero-order valence-corrected chi connectivity index (χ0v) is 21.0. The maximum atomic E-state index is 13.2. The summed E-state index contributed by atoms with van der Waals surface area (Å²) in [4.78, 5) is 19.2. The lowest BCUT2D eigenvalue weighted by Crippen LogP contribution is -2.14. The topological polar surface area (TPSA) is 74.5 Å². The number of benzene rings is 2. The average Bonchev–Trinajstić information content (AvgIpc) is 3.16. The summed E-state index contributed by atoms with van der Waals surface area (Å²) in [5.41, 5.74) is 3.23. The predicted molar refractivity (Wildman–Crippen MR) is 136 cm³/mol. The van der Waals surface area contributed by atoms with Gasteiger partial charge in [0.2, 0.25) is 0 Å². The van der Waals surface area contributed by atoms with E-state index in [1.807, 2.05) is 48.5 Å². The Kier molecular flexibility index (Phi) is 7.40. The predicted octanol–water partition coefficient (Wildman–Crippen LogP) is 7.06. The fourth-order valence-corrected chi connectivity index (χ4v) is 6.26. The van der Waals surface area contributed by atoms with E-state index in [1.54, 1.807) is 17.6 Å². The van der Waals surface area contributed by atoms with Gasteiger partial charge in [0.15, 0.2) is 6.61 Å². The smallest absolute Gasteiger partial charge is 0.259 e. The molecule has 32 heavy (non-hydrogen) atoms. The van der Waals surface area contributed by atoms with E-state index in [0.29, 0.717) is 21.9 Å². The summed E-state index contributed by atoms with van der Waals surface area (Å²) in [6, 6.07) is 15.2. The highest BCUT2D eigenvalue weighted by Gasteiger charge is 2.25. The Morgan fingerprint density at radius 2 is 2.00 bits per heavy atom. The van der Waals surface area contributed by atoms with Gasteiger partial charge in [0.05, 0.1) is 10.0 Å². The Morgan fingerprint density at radius 3 is 2.78 bits per heavy atom. The van der Waals surface area contributed by atoms with Crippen molar-refractivity contribution in [1.29, 1.82) is 5.26 Å². The molecule has 1 aliphatic rings. The van der Waals surface area contributed by atoms with Crippen LogP contribution >= 0.6 is 43.2 Å². The number of aryl methyl sites for hydroxylation is 1. The number of amides is 1. The summed E-state index contributed by atoms with van der Waals surface area (Å²) in [7, 11) is 0. The van der Waals surface area contributed by atoms with Crippen LogP contribution in [-0.2, 0) is 12.8 Å². The lowest BCUT2D eigenvalue weighted by molar-refractivity contribution is 0.102. The van der Waals surface area contributed by atoms with Crippen LogP contribution < -0.4 is 10.1 Å². The third-order valence-corrected chi connectivity index (χ3v) is 7.30. The molecule has 162 valence electrons. The second-order valence-electron chi connectivity index (χ2n) is 7.22. The highest BCUT2D eigenvalue weighted by Crippen LogP contribution is 2.41. The normalized spacial score (nSPS) is 12.9. The van der Waals surface area contributed by atoms with Crippen molar-refractivity contribution >= 4 is 66.0 Å². The lowest BCUT2D eigenvalue weighted by Gasteiger charge is -2.13. The van der Waals surface area contributed by atoms with Crippen LogP contribution in [0.3, 0.4) is 0 Å². The molecule has 5 nitrogen and oxygen atoms in total. The molecule has 0 saturated heterocycles. The second kappa shape index (κ2) is 10.4. The van der Waals surface area contributed by atoms with Gasteiger partial charge in [-0.1, -0.05) is 34.1 Å². The minimum Gasteiger partial charge on any atom is -0.477 e. The molecule has 8 heteroatoms. The standard InChI is InChI=1S/C24H19Br2N3O2S/c25-16-12-15(22(19(26)13-16)31-11-10-27)14-28-24-21(18-8-4-5-9-20(18)32-24)23(30)29-17-6-2-1-3-7-17/h1-3,6-7,12-14H,4-5,8-9,11H2,(H,29,30). The molecule has 0 spiro atoms. The van der Waals surface area contributed by atoms with Crippen LogP contribution in [0, 0.1) is 11.3 Å². The van der Waals surface area contributed by atoms with E-state index in [9.17, 15) is 4.79 Å². The van der Waals surface area contributed by atoms with Crippen LogP contribution in [0.2, 0.25) is 0 Å². The van der Waals surface area contributed by atoms with Crippen molar-refractivity contribution in [3.05, 3.63) is 73.0 Å². The minimum absolute atomic E-state index is 0.0703. The maximum absolute atomic E-state index is 13.2. The first kappa shape index (κ1) is 22.7. The number of thiophene rings is 1. The zero-order valence-electron chi connectivity index (χ0n) is 17.0. The Morgan fingerprint density at radius 1 is 1.22 bits per heavy atom. The van der Waals surface area contributed by atoms with E-state index in [4.69, 9.17) is 15.0 Å². The number of fused-ring (bicyclic) bond motifs is 1. The number of aliphatic imine (C=N–C) groups is 1. The first-order chi connectivity index (χ1) is 15.6. The Hall–Kier alpha value is -2.47. The molecule has 2 aromatic carbocycles. The first-order valence-corrected chi connectivity index (χ1v) is 12.5.